The lowest BCUT2D eigenvalue weighted by molar-refractivity contribution is -0.118. The number of benzene rings is 2. The van der Waals surface area contributed by atoms with Gasteiger partial charge < -0.3 is 5.32 Å². The normalized spacial score (nSPS) is 20.6. The highest BCUT2D eigenvalue weighted by Gasteiger charge is 2.29. The van der Waals surface area contributed by atoms with E-state index in [1.54, 1.807) is 0 Å². The molecule has 1 fully saturated rings. The first-order valence-corrected chi connectivity index (χ1v) is 7.70. The van der Waals surface area contributed by atoms with Crippen LogP contribution in [-0.4, -0.2) is 16.3 Å². The Kier molecular flexibility index (Phi) is 3.74. The monoisotopic (exact) mass is 284 g/mol. The highest BCUT2D eigenvalue weighted by Crippen LogP contribution is 2.29. The van der Waals surface area contributed by atoms with Crippen molar-refractivity contribution in [1.29, 1.82) is 0 Å². The van der Waals surface area contributed by atoms with Crippen molar-refractivity contribution in [3.05, 3.63) is 42.5 Å². The van der Waals surface area contributed by atoms with Crippen LogP contribution in [0, 0.1) is 0 Å². The summed E-state index contributed by atoms with van der Waals surface area (Å²) >= 11 is 1.54. The van der Waals surface area contributed by atoms with Crippen molar-refractivity contribution in [2.45, 2.75) is 25.0 Å². The van der Waals surface area contributed by atoms with E-state index in [-0.39, 0.29) is 11.2 Å². The summed E-state index contributed by atoms with van der Waals surface area (Å²) in [5.41, 5.74) is 0.906. The standard InChI is InChI=1S/C16H16N2OS/c1-2-6-14-15(19)18-16(20-14)17-13-10-5-8-11-7-3-4-9-12(11)13/h3-5,7-10,14H,2,6H2,1H3,(H,17,18,19). The molecule has 0 bridgehead atoms. The van der Waals surface area contributed by atoms with Crippen LogP contribution in [0.25, 0.3) is 10.8 Å². The van der Waals surface area contributed by atoms with Crippen LogP contribution >= 0.6 is 11.8 Å². The van der Waals surface area contributed by atoms with Crippen LogP contribution in [0.2, 0.25) is 0 Å². The fraction of sp³-hybridized carbons (Fsp3) is 0.250. The van der Waals surface area contributed by atoms with Gasteiger partial charge >= 0.3 is 0 Å². The first-order valence-electron chi connectivity index (χ1n) is 6.82. The number of thioether (sulfide) groups is 1. The Bertz CT molecular complexity index is 676. The lowest BCUT2D eigenvalue weighted by Gasteiger charge is -2.02. The number of carbonyl (C=O) groups is 1. The maximum Gasteiger partial charge on any atom is 0.239 e. The summed E-state index contributed by atoms with van der Waals surface area (Å²) in [7, 11) is 0. The van der Waals surface area contributed by atoms with Crippen molar-refractivity contribution >= 4 is 39.3 Å². The number of hydrogen-bond donors (Lipinski definition) is 1. The zero-order valence-electron chi connectivity index (χ0n) is 11.3. The fourth-order valence-corrected chi connectivity index (χ4v) is 3.42. The van der Waals surface area contributed by atoms with Gasteiger partial charge in [-0.15, -0.1) is 0 Å². The summed E-state index contributed by atoms with van der Waals surface area (Å²) in [6, 6.07) is 14.2. The summed E-state index contributed by atoms with van der Waals surface area (Å²) in [4.78, 5) is 16.4. The van der Waals surface area contributed by atoms with Gasteiger partial charge in [-0.1, -0.05) is 61.5 Å². The molecule has 2 aromatic carbocycles. The van der Waals surface area contributed by atoms with Gasteiger partial charge in [-0.05, 0) is 17.9 Å². The molecule has 0 saturated carbocycles. The average molecular weight is 284 g/mol. The first-order chi connectivity index (χ1) is 9.78. The van der Waals surface area contributed by atoms with Gasteiger partial charge in [0, 0.05) is 5.39 Å². The lowest BCUT2D eigenvalue weighted by Crippen LogP contribution is -2.24. The molecule has 0 aromatic heterocycles. The molecule has 1 unspecified atom stereocenters. The predicted octanol–water partition coefficient (Wildman–Crippen LogP) is 3.86. The van der Waals surface area contributed by atoms with Crippen molar-refractivity contribution in [3.8, 4) is 0 Å². The van der Waals surface area contributed by atoms with Gasteiger partial charge in [0.15, 0.2) is 5.17 Å². The molecule has 2 aromatic rings. The Morgan fingerprint density at radius 2 is 2.00 bits per heavy atom. The van der Waals surface area contributed by atoms with E-state index >= 15 is 0 Å². The smallest absolute Gasteiger partial charge is 0.239 e. The molecular weight excluding hydrogens is 268 g/mol. The average Bonchev–Trinajstić information content (AvgIpc) is 2.80. The van der Waals surface area contributed by atoms with Crippen LogP contribution in [0.3, 0.4) is 0 Å². The molecule has 1 aliphatic heterocycles. The zero-order valence-corrected chi connectivity index (χ0v) is 12.1. The van der Waals surface area contributed by atoms with Crippen molar-refractivity contribution in [2.24, 2.45) is 4.99 Å². The molecule has 1 heterocycles. The minimum absolute atomic E-state index is 0.00808. The van der Waals surface area contributed by atoms with Crippen LogP contribution in [0.1, 0.15) is 19.8 Å². The highest BCUT2D eigenvalue weighted by atomic mass is 32.2. The SMILES string of the molecule is CCCC1SC(=Nc2cccc3ccccc23)NC1=O. The van der Waals surface area contributed by atoms with Gasteiger partial charge in [-0.3, -0.25) is 4.79 Å². The second kappa shape index (κ2) is 5.67. The molecule has 3 nitrogen and oxygen atoms in total. The van der Waals surface area contributed by atoms with Gasteiger partial charge in [0.2, 0.25) is 5.91 Å². The van der Waals surface area contributed by atoms with E-state index in [0.29, 0.717) is 5.17 Å². The molecule has 1 atom stereocenters. The van der Waals surface area contributed by atoms with Crippen LogP contribution in [0.5, 0.6) is 0 Å². The topological polar surface area (TPSA) is 41.5 Å². The Morgan fingerprint density at radius 3 is 2.85 bits per heavy atom. The molecule has 4 heteroatoms. The van der Waals surface area contributed by atoms with Crippen molar-refractivity contribution in [2.75, 3.05) is 0 Å². The molecule has 102 valence electrons. The molecule has 1 amide bonds. The summed E-state index contributed by atoms with van der Waals surface area (Å²) in [5, 5.41) is 5.87. The molecule has 0 aliphatic carbocycles. The van der Waals surface area contributed by atoms with Gasteiger partial charge in [0.25, 0.3) is 0 Å². The molecular formula is C16H16N2OS. The number of fused-ring (bicyclic) bond motifs is 1. The van der Waals surface area contributed by atoms with E-state index in [4.69, 9.17) is 0 Å². The number of amidine groups is 1. The molecule has 1 saturated heterocycles. The Hall–Kier alpha value is -1.81. The maximum absolute atomic E-state index is 11.8. The summed E-state index contributed by atoms with van der Waals surface area (Å²) in [6.07, 6.45) is 1.90. The van der Waals surface area contributed by atoms with Crippen molar-refractivity contribution in [1.82, 2.24) is 5.32 Å². The molecule has 0 radical (unpaired) electrons. The fourth-order valence-electron chi connectivity index (χ4n) is 2.33. The Balaban J connectivity index is 1.93. The van der Waals surface area contributed by atoms with E-state index in [2.05, 4.69) is 35.4 Å². The van der Waals surface area contributed by atoms with Crippen LogP contribution in [-0.2, 0) is 4.79 Å². The van der Waals surface area contributed by atoms with E-state index in [0.717, 1.165) is 29.3 Å². The summed E-state index contributed by atoms with van der Waals surface area (Å²) in [6.45, 7) is 2.09. The maximum atomic E-state index is 11.8. The van der Waals surface area contributed by atoms with E-state index in [9.17, 15) is 4.79 Å². The number of amides is 1. The quantitative estimate of drug-likeness (QED) is 0.930. The molecule has 3 rings (SSSR count). The number of carbonyl (C=O) groups excluding carboxylic acids is 1. The predicted molar refractivity (Wildman–Crippen MR) is 85.5 cm³/mol. The summed E-state index contributed by atoms with van der Waals surface area (Å²) < 4.78 is 0. The molecule has 0 spiro atoms. The minimum atomic E-state index is 0.00808. The van der Waals surface area contributed by atoms with Gasteiger partial charge in [0.05, 0.1) is 10.9 Å². The van der Waals surface area contributed by atoms with E-state index in [1.807, 2.05) is 24.3 Å². The summed E-state index contributed by atoms with van der Waals surface area (Å²) in [5.74, 6) is 0.0795. The third-order valence-corrected chi connectivity index (χ3v) is 4.47. The third kappa shape index (κ3) is 2.56. The number of rotatable bonds is 3. The van der Waals surface area contributed by atoms with Gasteiger partial charge in [-0.2, -0.15) is 0 Å². The minimum Gasteiger partial charge on any atom is -0.304 e. The second-order valence-electron chi connectivity index (χ2n) is 4.80. The molecule has 1 aliphatic rings. The zero-order chi connectivity index (χ0) is 13.9. The number of aliphatic imine (C=N–C) groups is 1. The van der Waals surface area contributed by atoms with E-state index in [1.165, 1.54) is 11.8 Å². The molecule has 20 heavy (non-hydrogen) atoms. The number of nitrogens with zero attached hydrogens (tertiary/aromatic N) is 1. The van der Waals surface area contributed by atoms with Crippen molar-refractivity contribution in [3.63, 3.8) is 0 Å². The van der Waals surface area contributed by atoms with E-state index < -0.39 is 0 Å². The largest absolute Gasteiger partial charge is 0.304 e. The first kappa shape index (κ1) is 13.2. The molecule has 1 N–H and O–H groups in total. The highest BCUT2D eigenvalue weighted by molar-refractivity contribution is 8.15. The van der Waals surface area contributed by atoms with Gasteiger partial charge in [0.1, 0.15) is 0 Å². The van der Waals surface area contributed by atoms with Crippen LogP contribution < -0.4 is 5.32 Å². The van der Waals surface area contributed by atoms with Gasteiger partial charge in [-0.25, -0.2) is 4.99 Å². The second-order valence-corrected chi connectivity index (χ2v) is 5.99. The lowest BCUT2D eigenvalue weighted by atomic mass is 10.1. The van der Waals surface area contributed by atoms with Crippen LogP contribution in [0.15, 0.2) is 47.5 Å². The third-order valence-electron chi connectivity index (χ3n) is 3.32. The van der Waals surface area contributed by atoms with Crippen LogP contribution in [0.4, 0.5) is 5.69 Å². The number of hydrogen-bond acceptors (Lipinski definition) is 3. The van der Waals surface area contributed by atoms with Crippen molar-refractivity contribution < 1.29 is 4.79 Å². The Labute approximate surface area is 122 Å². The Morgan fingerprint density at radius 1 is 1.20 bits per heavy atom. The number of nitrogens with one attached hydrogen (secondary N) is 1.